The van der Waals surface area contributed by atoms with Crippen LogP contribution in [0.15, 0.2) is 36.7 Å². The molecule has 0 fully saturated rings. The van der Waals surface area contributed by atoms with E-state index >= 15 is 0 Å². The second kappa shape index (κ2) is 5.21. The fourth-order valence-corrected chi connectivity index (χ4v) is 1.76. The summed E-state index contributed by atoms with van der Waals surface area (Å²) in [7, 11) is 0. The second-order valence-corrected chi connectivity index (χ2v) is 4.04. The number of rotatable bonds is 3. The van der Waals surface area contributed by atoms with Crippen molar-refractivity contribution in [1.82, 2.24) is 10.2 Å². The van der Waals surface area contributed by atoms with E-state index in [9.17, 15) is 9.50 Å². The molecule has 0 amide bonds. The quantitative estimate of drug-likeness (QED) is 0.913. The van der Waals surface area contributed by atoms with Gasteiger partial charge in [-0.2, -0.15) is 10.2 Å². The van der Waals surface area contributed by atoms with Crippen LogP contribution in [0, 0.1) is 5.82 Å². The Morgan fingerprint density at radius 3 is 2.76 bits per heavy atom. The maximum atomic E-state index is 12.8. The molecule has 0 radical (unpaired) electrons. The number of nitrogens with zero attached hydrogens (tertiary/aromatic N) is 2. The molecule has 1 aromatic carbocycles. The van der Waals surface area contributed by atoms with Crippen molar-refractivity contribution in [2.75, 3.05) is 0 Å². The lowest BCUT2D eigenvalue weighted by atomic mass is 10.0. The van der Waals surface area contributed by atoms with Crippen molar-refractivity contribution in [3.8, 4) is 0 Å². The van der Waals surface area contributed by atoms with Gasteiger partial charge in [-0.3, -0.25) is 0 Å². The molecule has 1 atom stereocenters. The van der Waals surface area contributed by atoms with Crippen molar-refractivity contribution >= 4 is 11.6 Å². The standard InChI is InChI=1S/C12H10ClFN2O/c13-11-6-10(14)2-1-8(11)5-12(17)9-3-4-15-16-7-9/h1-4,6-7,12,17H,5H2. The molecule has 17 heavy (non-hydrogen) atoms. The minimum atomic E-state index is -0.728. The molecule has 0 saturated heterocycles. The molecule has 2 aromatic rings. The number of aliphatic hydroxyl groups excluding tert-OH is 1. The summed E-state index contributed by atoms with van der Waals surface area (Å²) in [6.07, 6.45) is 2.58. The average Bonchev–Trinajstić information content (AvgIpc) is 2.34. The molecular formula is C12H10ClFN2O. The third-order valence-electron chi connectivity index (χ3n) is 2.42. The first kappa shape index (κ1) is 12.0. The summed E-state index contributed by atoms with van der Waals surface area (Å²) < 4.78 is 12.8. The Balaban J connectivity index is 2.16. The molecule has 0 spiro atoms. The Labute approximate surface area is 103 Å². The Bertz CT molecular complexity index is 507. The molecule has 0 aliphatic rings. The summed E-state index contributed by atoms with van der Waals surface area (Å²) >= 11 is 5.88. The molecule has 0 aliphatic carbocycles. The first-order chi connectivity index (χ1) is 8.16. The minimum absolute atomic E-state index is 0.310. The molecule has 3 nitrogen and oxygen atoms in total. The number of hydrogen-bond acceptors (Lipinski definition) is 3. The third-order valence-corrected chi connectivity index (χ3v) is 2.77. The number of hydrogen-bond donors (Lipinski definition) is 1. The van der Waals surface area contributed by atoms with Crippen molar-refractivity contribution in [1.29, 1.82) is 0 Å². The van der Waals surface area contributed by atoms with Crippen molar-refractivity contribution in [3.63, 3.8) is 0 Å². The van der Waals surface area contributed by atoms with Gasteiger partial charge in [-0.15, -0.1) is 0 Å². The van der Waals surface area contributed by atoms with E-state index in [1.807, 2.05) is 0 Å². The van der Waals surface area contributed by atoms with Gasteiger partial charge in [-0.1, -0.05) is 17.7 Å². The van der Waals surface area contributed by atoms with Gasteiger partial charge < -0.3 is 5.11 Å². The van der Waals surface area contributed by atoms with Crippen LogP contribution >= 0.6 is 11.6 Å². The van der Waals surface area contributed by atoms with Crippen LogP contribution in [-0.4, -0.2) is 15.3 Å². The number of halogens is 2. The summed E-state index contributed by atoms with van der Waals surface area (Å²) in [6, 6.07) is 5.79. The van der Waals surface area contributed by atoms with Crippen molar-refractivity contribution in [3.05, 3.63) is 58.6 Å². The SMILES string of the molecule is OC(Cc1ccc(F)cc1Cl)c1ccnnc1. The monoisotopic (exact) mass is 252 g/mol. The van der Waals surface area contributed by atoms with Gasteiger partial charge >= 0.3 is 0 Å². The first-order valence-electron chi connectivity index (χ1n) is 5.05. The van der Waals surface area contributed by atoms with Crippen LogP contribution in [0.25, 0.3) is 0 Å². The van der Waals surface area contributed by atoms with Crippen LogP contribution < -0.4 is 0 Å². The maximum absolute atomic E-state index is 12.8. The summed E-state index contributed by atoms with van der Waals surface area (Å²) in [5.74, 6) is -0.390. The average molecular weight is 253 g/mol. The highest BCUT2D eigenvalue weighted by Crippen LogP contribution is 2.23. The van der Waals surface area contributed by atoms with Crippen molar-refractivity contribution in [2.24, 2.45) is 0 Å². The lowest BCUT2D eigenvalue weighted by molar-refractivity contribution is 0.178. The minimum Gasteiger partial charge on any atom is -0.388 e. The summed E-state index contributed by atoms with van der Waals surface area (Å²) in [5, 5.41) is 17.6. The smallest absolute Gasteiger partial charge is 0.124 e. The summed E-state index contributed by atoms with van der Waals surface area (Å²) in [6.45, 7) is 0. The Kier molecular flexibility index (Phi) is 3.66. The Morgan fingerprint density at radius 1 is 1.29 bits per heavy atom. The normalized spacial score (nSPS) is 12.4. The van der Waals surface area contributed by atoms with E-state index in [1.165, 1.54) is 24.5 Å². The van der Waals surface area contributed by atoms with Gasteiger partial charge in [0.05, 0.1) is 12.3 Å². The molecule has 1 N–H and O–H groups in total. The zero-order chi connectivity index (χ0) is 12.3. The van der Waals surface area contributed by atoms with Crippen LogP contribution in [0.5, 0.6) is 0 Å². The van der Waals surface area contributed by atoms with Crippen LogP contribution in [0.3, 0.4) is 0 Å². The predicted octanol–water partition coefficient (Wildman–Crippen LogP) is 2.55. The van der Waals surface area contributed by atoms with Crippen LogP contribution in [-0.2, 0) is 6.42 Å². The number of aliphatic hydroxyl groups is 1. The molecule has 88 valence electrons. The van der Waals surface area contributed by atoms with Crippen molar-refractivity contribution < 1.29 is 9.50 Å². The first-order valence-corrected chi connectivity index (χ1v) is 5.43. The topological polar surface area (TPSA) is 46.0 Å². The zero-order valence-electron chi connectivity index (χ0n) is 8.85. The molecule has 1 aromatic heterocycles. The number of benzene rings is 1. The van der Waals surface area contributed by atoms with Gasteiger partial charge in [0.25, 0.3) is 0 Å². The lowest BCUT2D eigenvalue weighted by Crippen LogP contribution is -2.03. The molecule has 0 saturated carbocycles. The van der Waals surface area contributed by atoms with E-state index in [0.717, 1.165) is 0 Å². The van der Waals surface area contributed by atoms with Gasteiger partial charge in [0.1, 0.15) is 5.82 Å². The highest BCUT2D eigenvalue weighted by molar-refractivity contribution is 6.31. The fourth-order valence-electron chi connectivity index (χ4n) is 1.51. The van der Waals surface area contributed by atoms with Crippen molar-refractivity contribution in [2.45, 2.75) is 12.5 Å². The van der Waals surface area contributed by atoms with Gasteiger partial charge in [-0.25, -0.2) is 4.39 Å². The van der Waals surface area contributed by atoms with Crippen LogP contribution in [0.4, 0.5) is 4.39 Å². The molecule has 1 unspecified atom stereocenters. The maximum Gasteiger partial charge on any atom is 0.124 e. The van der Waals surface area contributed by atoms with Gasteiger partial charge in [0.2, 0.25) is 0 Å². The Morgan fingerprint density at radius 2 is 2.12 bits per heavy atom. The van der Waals surface area contributed by atoms with E-state index in [0.29, 0.717) is 22.6 Å². The molecule has 5 heteroatoms. The fraction of sp³-hybridized carbons (Fsp3) is 0.167. The molecule has 1 heterocycles. The summed E-state index contributed by atoms with van der Waals surface area (Å²) in [4.78, 5) is 0. The molecule has 2 rings (SSSR count). The third kappa shape index (κ3) is 2.99. The highest BCUT2D eigenvalue weighted by Gasteiger charge is 2.11. The summed E-state index contributed by atoms with van der Waals surface area (Å²) in [5.41, 5.74) is 1.35. The van der Waals surface area contributed by atoms with Gasteiger partial charge in [0, 0.05) is 23.2 Å². The second-order valence-electron chi connectivity index (χ2n) is 3.63. The highest BCUT2D eigenvalue weighted by atomic mass is 35.5. The van der Waals surface area contributed by atoms with E-state index in [-0.39, 0.29) is 5.82 Å². The zero-order valence-corrected chi connectivity index (χ0v) is 9.60. The molecular weight excluding hydrogens is 243 g/mol. The lowest BCUT2D eigenvalue weighted by Gasteiger charge is -2.11. The van der Waals surface area contributed by atoms with E-state index in [2.05, 4.69) is 10.2 Å². The van der Waals surface area contributed by atoms with E-state index in [4.69, 9.17) is 11.6 Å². The number of aromatic nitrogens is 2. The van der Waals surface area contributed by atoms with E-state index in [1.54, 1.807) is 12.1 Å². The van der Waals surface area contributed by atoms with Crippen LogP contribution in [0.2, 0.25) is 5.02 Å². The molecule has 0 aliphatic heterocycles. The largest absolute Gasteiger partial charge is 0.388 e. The predicted molar refractivity (Wildman–Crippen MR) is 62.1 cm³/mol. The van der Waals surface area contributed by atoms with Gasteiger partial charge in [-0.05, 0) is 23.8 Å². The van der Waals surface area contributed by atoms with Gasteiger partial charge in [0.15, 0.2) is 0 Å². The Hall–Kier alpha value is -1.52. The van der Waals surface area contributed by atoms with Crippen LogP contribution in [0.1, 0.15) is 17.2 Å². The van der Waals surface area contributed by atoms with E-state index < -0.39 is 6.10 Å². The molecule has 0 bridgehead atoms.